The van der Waals surface area contributed by atoms with E-state index in [9.17, 15) is 0 Å². The Kier molecular flexibility index (Phi) is 4.76. The molecule has 0 aliphatic carbocycles. The summed E-state index contributed by atoms with van der Waals surface area (Å²) >= 11 is 0. The van der Waals surface area contributed by atoms with Gasteiger partial charge < -0.3 is 10.2 Å². The van der Waals surface area contributed by atoms with E-state index >= 15 is 0 Å². The number of likely N-dealkylation sites (tertiary alicyclic amines) is 1. The molecule has 1 atom stereocenters. The van der Waals surface area contributed by atoms with Gasteiger partial charge in [-0.2, -0.15) is 10.1 Å². The Morgan fingerprint density at radius 1 is 1.30 bits per heavy atom. The van der Waals surface area contributed by atoms with Crippen molar-refractivity contribution >= 4 is 11.8 Å². The second-order valence-electron chi connectivity index (χ2n) is 6.30. The lowest BCUT2D eigenvalue weighted by molar-refractivity contribution is 0.204. The van der Waals surface area contributed by atoms with Crippen LogP contribution in [0.15, 0.2) is 24.5 Å². The van der Waals surface area contributed by atoms with Crippen molar-refractivity contribution in [2.75, 3.05) is 37.4 Å². The van der Waals surface area contributed by atoms with Crippen LogP contribution in [0.2, 0.25) is 0 Å². The van der Waals surface area contributed by atoms with Gasteiger partial charge in [-0.25, -0.2) is 4.98 Å². The zero-order valence-corrected chi connectivity index (χ0v) is 14.1. The lowest BCUT2D eigenvalue weighted by Gasteiger charge is -2.33. The molecular formula is C16H25N7. The first kappa shape index (κ1) is 15.7. The minimum absolute atomic E-state index is 0.418. The van der Waals surface area contributed by atoms with Crippen LogP contribution in [0.25, 0.3) is 0 Å². The predicted molar refractivity (Wildman–Crippen MR) is 91.5 cm³/mol. The molecule has 23 heavy (non-hydrogen) atoms. The summed E-state index contributed by atoms with van der Waals surface area (Å²) in [6.45, 7) is 3.10. The molecule has 1 aliphatic rings. The molecule has 1 unspecified atom stereocenters. The third-order valence-electron chi connectivity index (χ3n) is 4.21. The van der Waals surface area contributed by atoms with E-state index in [2.05, 4.69) is 31.3 Å². The van der Waals surface area contributed by atoms with Crippen LogP contribution in [-0.2, 0) is 13.6 Å². The van der Waals surface area contributed by atoms with Crippen molar-refractivity contribution in [3.63, 3.8) is 0 Å². The minimum Gasteiger partial charge on any atom is -0.366 e. The number of piperidine rings is 1. The van der Waals surface area contributed by atoms with Crippen molar-refractivity contribution in [1.82, 2.24) is 24.6 Å². The number of anilines is 2. The van der Waals surface area contributed by atoms with Crippen molar-refractivity contribution in [1.29, 1.82) is 0 Å². The molecule has 7 nitrogen and oxygen atoms in total. The molecule has 0 radical (unpaired) electrons. The van der Waals surface area contributed by atoms with E-state index in [0.717, 1.165) is 31.4 Å². The monoisotopic (exact) mass is 315 g/mol. The average molecular weight is 315 g/mol. The fourth-order valence-electron chi connectivity index (χ4n) is 2.96. The van der Waals surface area contributed by atoms with Crippen molar-refractivity contribution in [2.24, 2.45) is 7.05 Å². The van der Waals surface area contributed by atoms with Crippen molar-refractivity contribution in [3.8, 4) is 0 Å². The molecule has 1 N–H and O–H groups in total. The van der Waals surface area contributed by atoms with E-state index in [1.54, 1.807) is 6.20 Å². The highest BCUT2D eigenvalue weighted by Crippen LogP contribution is 2.17. The molecular weight excluding hydrogens is 290 g/mol. The number of rotatable bonds is 5. The maximum absolute atomic E-state index is 4.55. The van der Waals surface area contributed by atoms with Gasteiger partial charge in [0.05, 0.1) is 5.69 Å². The second-order valence-corrected chi connectivity index (χ2v) is 6.30. The van der Waals surface area contributed by atoms with Crippen LogP contribution in [0.4, 0.5) is 11.8 Å². The van der Waals surface area contributed by atoms with Crippen LogP contribution in [0.5, 0.6) is 0 Å². The zero-order chi connectivity index (χ0) is 16.2. The second kappa shape index (κ2) is 6.95. The Morgan fingerprint density at radius 2 is 2.17 bits per heavy atom. The number of nitrogens with zero attached hydrogens (tertiary/aromatic N) is 6. The zero-order valence-electron chi connectivity index (χ0n) is 14.1. The Bertz CT molecular complexity index is 637. The molecule has 1 saturated heterocycles. The maximum atomic E-state index is 4.55. The predicted octanol–water partition coefficient (Wildman–Crippen LogP) is 1.35. The minimum atomic E-state index is 0.418. The molecule has 0 bridgehead atoms. The standard InChI is InChI=1S/C16H25N7/c1-21(2)16-17-8-7-15(20-16)19-13-5-4-10-23(11-13)12-14-6-9-18-22(14)3/h6-9,13H,4-5,10-12H2,1-3H3,(H,17,19,20). The lowest BCUT2D eigenvalue weighted by atomic mass is 10.1. The van der Waals surface area contributed by atoms with E-state index in [1.165, 1.54) is 18.5 Å². The summed E-state index contributed by atoms with van der Waals surface area (Å²) in [4.78, 5) is 13.2. The van der Waals surface area contributed by atoms with Gasteiger partial charge in [0.1, 0.15) is 5.82 Å². The van der Waals surface area contributed by atoms with Gasteiger partial charge in [0.15, 0.2) is 0 Å². The molecule has 3 rings (SSSR count). The van der Waals surface area contributed by atoms with Crippen LogP contribution < -0.4 is 10.2 Å². The van der Waals surface area contributed by atoms with Gasteiger partial charge in [0.25, 0.3) is 0 Å². The number of hydrogen-bond acceptors (Lipinski definition) is 6. The van der Waals surface area contributed by atoms with E-state index in [-0.39, 0.29) is 0 Å². The summed E-state index contributed by atoms with van der Waals surface area (Å²) < 4.78 is 1.95. The van der Waals surface area contributed by atoms with E-state index < -0.39 is 0 Å². The van der Waals surface area contributed by atoms with Crippen LogP contribution in [0.3, 0.4) is 0 Å². The van der Waals surface area contributed by atoms with Gasteiger partial charge in [-0.15, -0.1) is 0 Å². The summed E-state index contributed by atoms with van der Waals surface area (Å²) in [5, 5.41) is 7.81. The summed E-state index contributed by atoms with van der Waals surface area (Å²) in [5.41, 5.74) is 1.25. The first-order valence-electron chi connectivity index (χ1n) is 8.08. The smallest absolute Gasteiger partial charge is 0.226 e. The topological polar surface area (TPSA) is 62.1 Å². The maximum Gasteiger partial charge on any atom is 0.226 e. The molecule has 7 heteroatoms. The van der Waals surface area contributed by atoms with E-state index in [4.69, 9.17) is 0 Å². The Hall–Kier alpha value is -2.15. The molecule has 0 saturated carbocycles. The summed E-state index contributed by atoms with van der Waals surface area (Å²) in [7, 11) is 5.91. The molecule has 3 heterocycles. The van der Waals surface area contributed by atoms with Gasteiger partial charge in [-0.3, -0.25) is 9.58 Å². The van der Waals surface area contributed by atoms with Crippen LogP contribution in [0.1, 0.15) is 18.5 Å². The largest absolute Gasteiger partial charge is 0.366 e. The van der Waals surface area contributed by atoms with Gasteiger partial charge in [0.2, 0.25) is 5.95 Å². The number of hydrogen-bond donors (Lipinski definition) is 1. The molecule has 1 aliphatic heterocycles. The van der Waals surface area contributed by atoms with Crippen LogP contribution >= 0.6 is 0 Å². The number of aromatic nitrogens is 4. The van der Waals surface area contributed by atoms with Crippen molar-refractivity contribution in [3.05, 3.63) is 30.2 Å². The Morgan fingerprint density at radius 3 is 2.91 bits per heavy atom. The Balaban J connectivity index is 1.60. The first-order chi connectivity index (χ1) is 11.1. The normalized spacial score (nSPS) is 18.8. The summed E-state index contributed by atoms with van der Waals surface area (Å²) in [5.74, 6) is 1.63. The molecule has 0 amide bonds. The molecule has 124 valence electrons. The van der Waals surface area contributed by atoms with E-state index in [1.807, 2.05) is 43.0 Å². The molecule has 2 aromatic heterocycles. The molecule has 0 aromatic carbocycles. The third-order valence-corrected chi connectivity index (χ3v) is 4.21. The highest BCUT2D eigenvalue weighted by atomic mass is 15.3. The Labute approximate surface area is 137 Å². The average Bonchev–Trinajstić information content (AvgIpc) is 2.93. The molecule has 2 aromatic rings. The fraction of sp³-hybridized carbons (Fsp3) is 0.562. The van der Waals surface area contributed by atoms with Crippen molar-refractivity contribution < 1.29 is 0 Å². The highest BCUT2D eigenvalue weighted by Gasteiger charge is 2.21. The highest BCUT2D eigenvalue weighted by molar-refractivity contribution is 5.41. The number of nitrogens with one attached hydrogen (secondary N) is 1. The number of aryl methyl sites for hydroxylation is 1. The SMILES string of the molecule is CN(C)c1nccc(NC2CCCN(Cc3ccnn3C)C2)n1. The van der Waals surface area contributed by atoms with Gasteiger partial charge in [-0.05, 0) is 31.5 Å². The summed E-state index contributed by atoms with van der Waals surface area (Å²) in [6.07, 6.45) is 6.03. The first-order valence-corrected chi connectivity index (χ1v) is 8.08. The van der Waals surface area contributed by atoms with Gasteiger partial charge in [-0.1, -0.05) is 0 Å². The fourth-order valence-corrected chi connectivity index (χ4v) is 2.96. The van der Waals surface area contributed by atoms with Crippen molar-refractivity contribution in [2.45, 2.75) is 25.4 Å². The molecule has 1 fully saturated rings. The van der Waals surface area contributed by atoms with Gasteiger partial charge >= 0.3 is 0 Å². The van der Waals surface area contributed by atoms with Gasteiger partial charge in [0, 0.05) is 52.7 Å². The van der Waals surface area contributed by atoms with Crippen LogP contribution in [-0.4, -0.2) is 57.9 Å². The summed E-state index contributed by atoms with van der Waals surface area (Å²) in [6, 6.07) is 4.44. The quantitative estimate of drug-likeness (QED) is 0.899. The van der Waals surface area contributed by atoms with E-state index in [0.29, 0.717) is 6.04 Å². The molecule has 0 spiro atoms. The lowest BCUT2D eigenvalue weighted by Crippen LogP contribution is -2.42. The third kappa shape index (κ3) is 3.98. The van der Waals surface area contributed by atoms with Crippen LogP contribution in [0, 0.1) is 0 Å².